The van der Waals surface area contributed by atoms with E-state index in [0.29, 0.717) is 18.5 Å². The van der Waals surface area contributed by atoms with Crippen molar-refractivity contribution in [3.05, 3.63) is 16.0 Å². The molecule has 0 saturated carbocycles. The Morgan fingerprint density at radius 1 is 1.33 bits per heavy atom. The van der Waals surface area contributed by atoms with Gasteiger partial charge in [-0.2, -0.15) is 5.26 Å². The maximum Gasteiger partial charge on any atom is 0.234 e. The molecule has 1 aromatic rings. The number of sulfone groups is 1. The Morgan fingerprint density at radius 2 is 2.05 bits per heavy atom. The van der Waals surface area contributed by atoms with Crippen LogP contribution in [0.5, 0.6) is 0 Å². The molecule has 2 N–H and O–H groups in total. The number of hydrogen-bond donors (Lipinski definition) is 2. The van der Waals surface area contributed by atoms with Crippen LogP contribution >= 0.6 is 11.3 Å². The van der Waals surface area contributed by atoms with Gasteiger partial charge < -0.3 is 5.32 Å². The average molecular weight is 349 g/mol. The highest BCUT2D eigenvalue weighted by molar-refractivity contribution is 7.95. The van der Waals surface area contributed by atoms with Crippen molar-refractivity contribution in [2.75, 3.05) is 29.0 Å². The van der Waals surface area contributed by atoms with Crippen molar-refractivity contribution in [2.24, 2.45) is 0 Å². The van der Waals surface area contributed by atoms with Crippen LogP contribution in [0, 0.1) is 11.3 Å². The van der Waals surface area contributed by atoms with Crippen LogP contribution in [0.3, 0.4) is 0 Å². The zero-order valence-electron chi connectivity index (χ0n) is 11.3. The SMILES string of the molecule is CS(=O)(=O)CCS(=O)(=O)Nc1sc2c(c1C#N)CCNC2. The topological polar surface area (TPSA) is 116 Å². The van der Waals surface area contributed by atoms with Crippen molar-refractivity contribution in [3.63, 3.8) is 0 Å². The van der Waals surface area contributed by atoms with Gasteiger partial charge in [-0.15, -0.1) is 11.3 Å². The van der Waals surface area contributed by atoms with Gasteiger partial charge in [0.2, 0.25) is 10.0 Å². The molecule has 10 heteroatoms. The molecule has 116 valence electrons. The fourth-order valence-corrected chi connectivity index (χ4v) is 6.12. The predicted octanol–water partition coefficient (Wildman–Crippen LogP) is 0.0518. The molecule has 1 aromatic heterocycles. The Kier molecular flexibility index (Phi) is 4.57. The third-order valence-corrected chi connectivity index (χ3v) is 6.75. The minimum absolute atomic E-state index is 0.278. The van der Waals surface area contributed by atoms with Crippen LogP contribution in [0.2, 0.25) is 0 Å². The number of anilines is 1. The van der Waals surface area contributed by atoms with E-state index < -0.39 is 31.4 Å². The molecule has 7 nitrogen and oxygen atoms in total. The Hall–Kier alpha value is -1.15. The van der Waals surface area contributed by atoms with Crippen LogP contribution in [0.15, 0.2) is 0 Å². The Balaban J connectivity index is 2.24. The maximum atomic E-state index is 11.9. The molecule has 0 spiro atoms. The fraction of sp³-hybridized carbons (Fsp3) is 0.545. The van der Waals surface area contributed by atoms with Crippen LogP contribution in [0.4, 0.5) is 5.00 Å². The summed E-state index contributed by atoms with van der Waals surface area (Å²) in [6.07, 6.45) is 1.67. The smallest absolute Gasteiger partial charge is 0.234 e. The largest absolute Gasteiger partial charge is 0.312 e. The quantitative estimate of drug-likeness (QED) is 0.776. The first kappa shape index (κ1) is 16.2. The highest BCUT2D eigenvalue weighted by Gasteiger charge is 2.23. The first-order valence-corrected chi connectivity index (χ1v) is 10.7. The summed E-state index contributed by atoms with van der Waals surface area (Å²) in [5.74, 6) is -0.964. The van der Waals surface area contributed by atoms with Crippen molar-refractivity contribution >= 4 is 36.2 Å². The zero-order valence-corrected chi connectivity index (χ0v) is 13.8. The number of thiophene rings is 1. The van der Waals surface area contributed by atoms with Crippen LogP contribution in [-0.4, -0.2) is 41.1 Å². The van der Waals surface area contributed by atoms with Gasteiger partial charge in [0.15, 0.2) is 0 Å². The van der Waals surface area contributed by atoms with Crippen molar-refractivity contribution in [1.29, 1.82) is 5.26 Å². The van der Waals surface area contributed by atoms with Gasteiger partial charge in [0, 0.05) is 17.7 Å². The van der Waals surface area contributed by atoms with Gasteiger partial charge in [-0.05, 0) is 18.5 Å². The molecule has 0 saturated heterocycles. The highest BCUT2D eigenvalue weighted by atomic mass is 32.2. The van der Waals surface area contributed by atoms with Crippen LogP contribution in [0.25, 0.3) is 0 Å². The highest BCUT2D eigenvalue weighted by Crippen LogP contribution is 2.35. The maximum absolute atomic E-state index is 11.9. The van der Waals surface area contributed by atoms with E-state index in [-0.39, 0.29) is 5.00 Å². The first-order chi connectivity index (χ1) is 9.72. The lowest BCUT2D eigenvalue weighted by Crippen LogP contribution is -2.23. The molecule has 2 heterocycles. The summed E-state index contributed by atoms with van der Waals surface area (Å²) in [5, 5.41) is 12.7. The van der Waals surface area contributed by atoms with Gasteiger partial charge >= 0.3 is 0 Å². The predicted molar refractivity (Wildman–Crippen MR) is 81.6 cm³/mol. The van der Waals surface area contributed by atoms with Gasteiger partial charge in [-0.3, -0.25) is 4.72 Å². The Labute approximate surface area is 127 Å². The van der Waals surface area contributed by atoms with E-state index in [2.05, 4.69) is 10.0 Å². The molecule has 1 aliphatic heterocycles. The van der Waals surface area contributed by atoms with Gasteiger partial charge in [-0.25, -0.2) is 16.8 Å². The summed E-state index contributed by atoms with van der Waals surface area (Å²) in [6, 6.07) is 2.04. The van der Waals surface area contributed by atoms with Crippen molar-refractivity contribution in [1.82, 2.24) is 5.32 Å². The third kappa shape index (κ3) is 4.16. The standard InChI is InChI=1S/C11H15N3O4S3/c1-20(15,16)4-5-21(17,18)14-11-9(6-12)8-2-3-13-7-10(8)19-11/h13-14H,2-5,7H2,1H3. The number of fused-ring (bicyclic) bond motifs is 1. The van der Waals surface area contributed by atoms with Crippen LogP contribution in [-0.2, 0) is 32.8 Å². The number of nitriles is 1. The summed E-state index contributed by atoms with van der Waals surface area (Å²) < 4.78 is 48.3. The van der Waals surface area contributed by atoms with E-state index in [0.717, 1.165) is 23.2 Å². The summed E-state index contributed by atoms with van der Waals surface area (Å²) in [6.45, 7) is 1.36. The average Bonchev–Trinajstić information content (AvgIpc) is 2.72. The van der Waals surface area contributed by atoms with E-state index in [1.54, 1.807) is 0 Å². The van der Waals surface area contributed by atoms with E-state index in [1.165, 1.54) is 11.3 Å². The molecule has 0 bridgehead atoms. The van der Waals surface area contributed by atoms with Crippen LogP contribution < -0.4 is 10.0 Å². The van der Waals surface area contributed by atoms with E-state index in [9.17, 15) is 22.1 Å². The van der Waals surface area contributed by atoms with Gasteiger partial charge in [0.25, 0.3) is 0 Å². The van der Waals surface area contributed by atoms with Gasteiger partial charge in [0.05, 0.1) is 17.1 Å². The minimum Gasteiger partial charge on any atom is -0.312 e. The summed E-state index contributed by atoms with van der Waals surface area (Å²) >= 11 is 1.22. The number of nitrogens with one attached hydrogen (secondary N) is 2. The number of rotatable bonds is 5. The van der Waals surface area contributed by atoms with E-state index >= 15 is 0 Å². The minimum atomic E-state index is -3.79. The Bertz CT molecular complexity index is 787. The molecule has 2 rings (SSSR count). The summed E-state index contributed by atoms with van der Waals surface area (Å²) in [5.41, 5.74) is 1.22. The zero-order chi connectivity index (χ0) is 15.7. The lowest BCUT2D eigenvalue weighted by atomic mass is 10.1. The molecule has 0 amide bonds. The Morgan fingerprint density at radius 3 is 2.67 bits per heavy atom. The summed E-state index contributed by atoms with van der Waals surface area (Å²) in [7, 11) is -7.15. The van der Waals surface area contributed by atoms with Crippen molar-refractivity contribution in [3.8, 4) is 6.07 Å². The van der Waals surface area contributed by atoms with E-state index in [4.69, 9.17) is 0 Å². The normalized spacial score (nSPS) is 15.2. The lowest BCUT2D eigenvalue weighted by molar-refractivity contribution is 0.593. The first-order valence-electron chi connectivity index (χ1n) is 6.15. The molecule has 0 aromatic carbocycles. The number of hydrogen-bond acceptors (Lipinski definition) is 7. The van der Waals surface area contributed by atoms with Gasteiger partial charge in [0.1, 0.15) is 20.9 Å². The molecular formula is C11H15N3O4S3. The molecule has 1 aliphatic rings. The molecule has 0 unspecified atom stereocenters. The molecule has 0 aliphatic carbocycles. The second kappa shape index (κ2) is 5.92. The molecule has 21 heavy (non-hydrogen) atoms. The monoisotopic (exact) mass is 349 g/mol. The summed E-state index contributed by atoms with van der Waals surface area (Å²) in [4.78, 5) is 0.943. The van der Waals surface area contributed by atoms with Crippen molar-refractivity contribution in [2.45, 2.75) is 13.0 Å². The third-order valence-electron chi connectivity index (χ3n) is 3.01. The second-order valence-electron chi connectivity index (χ2n) is 4.80. The van der Waals surface area contributed by atoms with E-state index in [1.807, 2.05) is 6.07 Å². The second-order valence-corrected chi connectivity index (χ2v) is 10.0. The van der Waals surface area contributed by atoms with Gasteiger partial charge in [-0.1, -0.05) is 0 Å². The molecule has 0 fully saturated rings. The molecule has 0 radical (unpaired) electrons. The molecule has 0 atom stereocenters. The molecular weight excluding hydrogens is 334 g/mol. The van der Waals surface area contributed by atoms with Crippen LogP contribution in [0.1, 0.15) is 16.0 Å². The number of sulfonamides is 1. The van der Waals surface area contributed by atoms with Crippen molar-refractivity contribution < 1.29 is 16.8 Å². The fourth-order valence-electron chi connectivity index (χ4n) is 1.98. The lowest BCUT2D eigenvalue weighted by Gasteiger charge is -2.11. The number of nitrogens with zero attached hydrogens (tertiary/aromatic N) is 1.